The molecule has 2 aromatic heterocycles. The average Bonchev–Trinajstić information content (AvgIpc) is 2.56. The van der Waals surface area contributed by atoms with Crippen molar-refractivity contribution in [3.05, 3.63) is 22.4 Å². The van der Waals surface area contributed by atoms with E-state index in [1.165, 1.54) is 14.3 Å². The van der Waals surface area contributed by atoms with E-state index in [1.54, 1.807) is 22.7 Å². The molecule has 0 amide bonds. The first-order valence-electron chi connectivity index (χ1n) is 4.55. The molecule has 2 heterocycles. The fraction of sp³-hybridized carbons (Fsp3) is 0.333. The molecule has 0 nitrogen and oxygen atoms in total. The highest BCUT2D eigenvalue weighted by Crippen LogP contribution is 2.29. The maximum Gasteiger partial charge on any atom is 0.0878 e. The Morgan fingerprint density at radius 1 is 1.29 bits per heavy atom. The second-order valence-corrected chi connectivity index (χ2v) is 6.50. The van der Waals surface area contributed by atoms with Crippen LogP contribution in [0.2, 0.25) is 0 Å². The van der Waals surface area contributed by atoms with Crippen LogP contribution in [-0.2, 0) is 0 Å². The molecule has 0 bridgehead atoms. The van der Waals surface area contributed by atoms with Crippen LogP contribution in [0.3, 0.4) is 0 Å². The Morgan fingerprint density at radius 2 is 2.07 bits per heavy atom. The summed E-state index contributed by atoms with van der Waals surface area (Å²) in [5.41, 5.74) is 0.0947. The molecule has 14 heavy (non-hydrogen) atoms. The average molecular weight is 220 g/mol. The maximum atomic E-state index is 3.25. The Balaban J connectivity index is 2.35. The first kappa shape index (κ1) is 9.76. The van der Waals surface area contributed by atoms with Crippen LogP contribution in [0.25, 0.3) is 9.40 Å². The van der Waals surface area contributed by atoms with Crippen LogP contribution >= 0.6 is 22.7 Å². The van der Waals surface area contributed by atoms with Crippen molar-refractivity contribution < 1.29 is 0 Å². The van der Waals surface area contributed by atoms with Crippen LogP contribution in [0.15, 0.2) is 17.5 Å². The molecule has 2 rings (SSSR count). The van der Waals surface area contributed by atoms with Crippen molar-refractivity contribution in [2.24, 2.45) is 5.41 Å². The lowest BCUT2D eigenvalue weighted by Gasteiger charge is -2.06. The highest BCUT2D eigenvalue weighted by molar-refractivity contribution is 7.37. The molecule has 2 heteroatoms. The normalized spacial score (nSPS) is 11.4. The largest absolute Gasteiger partial charge is 0.133 e. The van der Waals surface area contributed by atoms with Crippen molar-refractivity contribution in [1.29, 1.82) is 0 Å². The van der Waals surface area contributed by atoms with Gasteiger partial charge >= 0.3 is 0 Å². The quantitative estimate of drug-likeness (QED) is 0.579. The van der Waals surface area contributed by atoms with Crippen LogP contribution < -0.4 is 0 Å². The van der Waals surface area contributed by atoms with Gasteiger partial charge in [-0.25, -0.2) is 0 Å². The van der Waals surface area contributed by atoms with Gasteiger partial charge in [0, 0.05) is 10.8 Å². The second kappa shape index (κ2) is 3.42. The van der Waals surface area contributed by atoms with E-state index in [0.717, 1.165) is 0 Å². The van der Waals surface area contributed by atoms with Gasteiger partial charge in [0.15, 0.2) is 0 Å². The first-order chi connectivity index (χ1) is 6.54. The van der Waals surface area contributed by atoms with Crippen LogP contribution in [0.5, 0.6) is 0 Å². The Morgan fingerprint density at radius 3 is 2.71 bits per heavy atom. The zero-order chi connectivity index (χ0) is 10.2. The lowest BCUT2D eigenvalue weighted by molar-refractivity contribution is 0.571. The zero-order valence-corrected chi connectivity index (χ0v) is 10.2. The van der Waals surface area contributed by atoms with E-state index in [1.807, 2.05) is 0 Å². The second-order valence-electron chi connectivity index (χ2n) is 4.27. The zero-order valence-electron chi connectivity index (χ0n) is 8.55. The van der Waals surface area contributed by atoms with Crippen LogP contribution in [-0.4, -0.2) is 0 Å². The molecular weight excluding hydrogens is 208 g/mol. The van der Waals surface area contributed by atoms with Gasteiger partial charge in [0.25, 0.3) is 0 Å². The van der Waals surface area contributed by atoms with Crippen molar-refractivity contribution in [2.75, 3.05) is 0 Å². The summed E-state index contributed by atoms with van der Waals surface area (Å²) in [5, 5.41) is 3.46. The molecule has 0 saturated heterocycles. The van der Waals surface area contributed by atoms with Gasteiger partial charge in [0.2, 0.25) is 0 Å². The summed E-state index contributed by atoms with van der Waals surface area (Å²) in [5.74, 6) is 6.49. The molecule has 0 N–H and O–H groups in total. The summed E-state index contributed by atoms with van der Waals surface area (Å²) in [7, 11) is 0. The number of rotatable bonds is 0. The van der Waals surface area contributed by atoms with Crippen LogP contribution in [0, 0.1) is 17.3 Å². The van der Waals surface area contributed by atoms with E-state index in [9.17, 15) is 0 Å². The molecule has 0 unspecified atom stereocenters. The molecule has 2 aromatic rings. The Kier molecular flexibility index (Phi) is 2.38. The standard InChI is InChI=1S/C12H12S2/c1-12(2,3)6-4-10-8-9-5-7-13-11(9)14-10/h5,7-8H,1-3H3. The summed E-state index contributed by atoms with van der Waals surface area (Å²) >= 11 is 3.58. The molecule has 0 spiro atoms. The number of hydrogen-bond acceptors (Lipinski definition) is 2. The summed E-state index contributed by atoms with van der Waals surface area (Å²) < 4.78 is 1.38. The van der Waals surface area contributed by atoms with Crippen molar-refractivity contribution in [3.8, 4) is 11.8 Å². The number of fused-ring (bicyclic) bond motifs is 1. The highest BCUT2D eigenvalue weighted by Gasteiger charge is 2.04. The molecule has 0 radical (unpaired) electrons. The van der Waals surface area contributed by atoms with Gasteiger partial charge in [0.1, 0.15) is 0 Å². The van der Waals surface area contributed by atoms with Crippen LogP contribution in [0.1, 0.15) is 25.6 Å². The smallest absolute Gasteiger partial charge is 0.0878 e. The number of hydrogen-bond donors (Lipinski definition) is 0. The first-order valence-corrected chi connectivity index (χ1v) is 6.24. The molecule has 0 atom stereocenters. The molecule has 0 aliphatic carbocycles. The van der Waals surface area contributed by atoms with Crippen molar-refractivity contribution in [2.45, 2.75) is 20.8 Å². The minimum atomic E-state index is 0.0947. The van der Waals surface area contributed by atoms with E-state index >= 15 is 0 Å². The van der Waals surface area contributed by atoms with Crippen molar-refractivity contribution >= 4 is 32.1 Å². The van der Waals surface area contributed by atoms with Gasteiger partial charge < -0.3 is 0 Å². The summed E-state index contributed by atoms with van der Waals surface area (Å²) in [6, 6.07) is 4.33. The molecular formula is C12H12S2. The third-order valence-corrected chi connectivity index (χ3v) is 3.83. The van der Waals surface area contributed by atoms with E-state index in [0.29, 0.717) is 0 Å². The molecule has 0 fully saturated rings. The Hall–Kier alpha value is -0.780. The predicted molar refractivity (Wildman–Crippen MR) is 66.0 cm³/mol. The minimum absolute atomic E-state index is 0.0947. The Bertz CT molecular complexity index is 469. The van der Waals surface area contributed by atoms with Crippen LogP contribution in [0.4, 0.5) is 0 Å². The Labute approximate surface area is 92.6 Å². The topological polar surface area (TPSA) is 0 Å². The van der Waals surface area contributed by atoms with Gasteiger partial charge in [-0.05, 0) is 38.3 Å². The van der Waals surface area contributed by atoms with E-state index in [-0.39, 0.29) is 5.41 Å². The summed E-state index contributed by atoms with van der Waals surface area (Å²) in [4.78, 5) is 1.18. The van der Waals surface area contributed by atoms with Gasteiger partial charge in [-0.2, -0.15) is 0 Å². The monoisotopic (exact) mass is 220 g/mol. The third-order valence-electron chi connectivity index (χ3n) is 1.71. The lowest BCUT2D eigenvalue weighted by atomic mass is 9.98. The van der Waals surface area contributed by atoms with E-state index < -0.39 is 0 Å². The molecule has 0 aliphatic heterocycles. The van der Waals surface area contributed by atoms with Gasteiger partial charge in [-0.1, -0.05) is 11.8 Å². The van der Waals surface area contributed by atoms with Crippen molar-refractivity contribution in [1.82, 2.24) is 0 Å². The fourth-order valence-corrected chi connectivity index (χ4v) is 3.04. The third kappa shape index (κ3) is 2.17. The predicted octanol–water partition coefficient (Wildman–Crippen LogP) is 4.36. The molecule has 0 aromatic carbocycles. The molecule has 0 aliphatic rings. The molecule has 72 valence electrons. The van der Waals surface area contributed by atoms with Gasteiger partial charge in [-0.3, -0.25) is 0 Å². The number of thiophene rings is 2. The summed E-state index contributed by atoms with van der Waals surface area (Å²) in [6.45, 7) is 6.40. The van der Waals surface area contributed by atoms with E-state index in [2.05, 4.69) is 50.1 Å². The van der Waals surface area contributed by atoms with Gasteiger partial charge in [0.05, 0.1) is 8.89 Å². The van der Waals surface area contributed by atoms with E-state index in [4.69, 9.17) is 0 Å². The lowest BCUT2D eigenvalue weighted by Crippen LogP contribution is -1.98. The fourth-order valence-electron chi connectivity index (χ4n) is 1.08. The molecule has 0 saturated carbocycles. The van der Waals surface area contributed by atoms with Crippen molar-refractivity contribution in [3.63, 3.8) is 0 Å². The highest BCUT2D eigenvalue weighted by atomic mass is 32.2. The minimum Gasteiger partial charge on any atom is -0.133 e. The maximum absolute atomic E-state index is 3.25. The van der Waals surface area contributed by atoms with Gasteiger partial charge in [-0.15, -0.1) is 22.7 Å². The summed E-state index contributed by atoms with van der Waals surface area (Å²) in [6.07, 6.45) is 0. The SMILES string of the molecule is CC(C)(C)C#Cc1cc2ccsc2s1.